The van der Waals surface area contributed by atoms with Crippen molar-refractivity contribution in [3.63, 3.8) is 0 Å². The molecule has 11 nitrogen and oxygen atoms in total. The highest BCUT2D eigenvalue weighted by Gasteiger charge is 2.20. The number of benzene rings is 2. The number of carbonyl (C=O) groups excluding carboxylic acids is 1. The number of rotatable bonds is 10. The van der Waals surface area contributed by atoms with Crippen molar-refractivity contribution in [3.8, 4) is 22.8 Å². The Morgan fingerprint density at radius 3 is 2.76 bits per heavy atom. The number of carbonyl (C=O) groups is 1. The topological polar surface area (TPSA) is 110 Å². The number of hydrogen-bond acceptors (Lipinski definition) is 9. The monoisotopic (exact) mass is 570 g/mol. The third kappa shape index (κ3) is 6.53. The maximum Gasteiger partial charge on any atom is 0.247 e. The average molecular weight is 571 g/mol. The Morgan fingerprint density at radius 2 is 2.05 bits per heavy atom. The summed E-state index contributed by atoms with van der Waals surface area (Å²) in [6, 6.07) is -0.102. The molecule has 0 radical (unpaired) electrons. The van der Waals surface area contributed by atoms with Crippen LogP contribution in [0.1, 0.15) is 27.5 Å². The first-order valence-electron chi connectivity index (χ1n) is 19.8. The number of aromatic nitrogens is 4. The van der Waals surface area contributed by atoms with Crippen LogP contribution in [0.5, 0.6) is 5.75 Å². The summed E-state index contributed by atoms with van der Waals surface area (Å²) in [5.74, 6) is -1.53. The van der Waals surface area contributed by atoms with Gasteiger partial charge >= 0.3 is 0 Å². The van der Waals surface area contributed by atoms with Crippen LogP contribution in [0.25, 0.3) is 17.1 Å². The van der Waals surface area contributed by atoms with Crippen molar-refractivity contribution >= 4 is 28.9 Å². The van der Waals surface area contributed by atoms with Gasteiger partial charge in [0, 0.05) is 57.9 Å². The molecular weight excluding hydrogens is 520 g/mol. The summed E-state index contributed by atoms with van der Waals surface area (Å²) in [5, 5.41) is 9.52. The Morgan fingerprint density at radius 1 is 1.27 bits per heavy atom. The summed E-state index contributed by atoms with van der Waals surface area (Å²) in [4.78, 5) is 22.4. The molecule has 2 aromatic heterocycles. The molecular formula is C30H34N8O3. The molecule has 1 fully saturated rings. The molecule has 2 N–H and O–H groups in total. The van der Waals surface area contributed by atoms with Crippen molar-refractivity contribution in [2.24, 2.45) is 0 Å². The molecule has 1 saturated heterocycles. The smallest absolute Gasteiger partial charge is 0.247 e. The van der Waals surface area contributed by atoms with E-state index >= 15 is 0 Å². The number of hydrogen-bond donors (Lipinski definition) is 2. The van der Waals surface area contributed by atoms with E-state index in [9.17, 15) is 4.79 Å². The fourth-order valence-electron chi connectivity index (χ4n) is 3.55. The van der Waals surface area contributed by atoms with Crippen LogP contribution < -0.4 is 20.3 Å². The first-order chi connectivity index (χ1) is 26.2. The molecule has 0 bridgehead atoms. The maximum absolute atomic E-state index is 12.6. The van der Waals surface area contributed by atoms with Gasteiger partial charge in [-0.25, -0.2) is 9.67 Å². The Hall–Kier alpha value is -4.74. The third-order valence-corrected chi connectivity index (χ3v) is 5.25. The van der Waals surface area contributed by atoms with Crippen molar-refractivity contribution in [1.82, 2.24) is 24.6 Å². The minimum Gasteiger partial charge on any atom is -0.494 e. The minimum absolute atomic E-state index is 0.0748. The van der Waals surface area contributed by atoms with Gasteiger partial charge in [0.15, 0.2) is 5.82 Å². The molecule has 0 atom stereocenters. The third-order valence-electron chi connectivity index (χ3n) is 5.25. The van der Waals surface area contributed by atoms with Gasteiger partial charge in [0.2, 0.25) is 11.9 Å². The lowest BCUT2D eigenvalue weighted by Gasteiger charge is -2.31. The number of methoxy groups -OCH3 is 1. The number of anilines is 4. The lowest BCUT2D eigenvalue weighted by molar-refractivity contribution is -0.111. The predicted molar refractivity (Wildman–Crippen MR) is 160 cm³/mol. The quantitative estimate of drug-likeness (QED) is 0.272. The molecule has 0 spiro atoms. The largest absolute Gasteiger partial charge is 0.494 e. The van der Waals surface area contributed by atoms with E-state index in [2.05, 4.69) is 37.0 Å². The van der Waals surface area contributed by atoms with E-state index in [1.54, 1.807) is 0 Å². The van der Waals surface area contributed by atoms with Crippen LogP contribution in [-0.4, -0.2) is 77.9 Å². The molecule has 41 heavy (non-hydrogen) atoms. The Bertz CT molecular complexity index is 2230. The molecule has 0 aliphatic carbocycles. The first-order valence-corrected chi connectivity index (χ1v) is 11.8. The molecule has 3 heterocycles. The van der Waals surface area contributed by atoms with Crippen LogP contribution in [0.2, 0.25) is 0 Å². The fourth-order valence-corrected chi connectivity index (χ4v) is 3.55. The lowest BCUT2D eigenvalue weighted by Crippen LogP contribution is -2.36. The molecule has 1 aliphatic heterocycles. The molecule has 1 amide bonds. The van der Waals surface area contributed by atoms with Gasteiger partial charge in [-0.3, -0.25) is 4.79 Å². The van der Waals surface area contributed by atoms with E-state index < -0.39 is 97.4 Å². The standard InChI is InChI=1S/C30H34N8O3/c1-5-28(39)32-23-17-24(26(40-4)18-25(23)37-13-15-41-16-14-37)33-30-31-12-11-27(34-30)38-20-22(19-36(2)3)29(35-38)21-9-7-6-8-10-21/h5-12,17-18,20H,1,13-16,19H2,2-4H3,(H,32,39)(H,31,33,34)/i6D,7D,8D,9D,10D,13D2,14D2,15D2,16D2,19D2,20D. The van der Waals surface area contributed by atoms with Crippen LogP contribution >= 0.6 is 0 Å². The van der Waals surface area contributed by atoms with Crippen molar-refractivity contribution in [1.29, 1.82) is 0 Å². The number of morpholine rings is 1. The Labute approximate surface area is 261 Å². The van der Waals surface area contributed by atoms with Gasteiger partial charge in [0.25, 0.3) is 0 Å². The number of nitrogens with one attached hydrogen (secondary N) is 2. The second-order valence-electron chi connectivity index (χ2n) is 8.25. The number of ether oxygens (including phenoxy) is 2. The zero-order chi connectivity index (χ0) is 43.0. The van der Waals surface area contributed by atoms with Gasteiger partial charge in [-0.15, -0.1) is 0 Å². The van der Waals surface area contributed by atoms with Gasteiger partial charge in [0.1, 0.15) is 5.75 Å². The highest BCUT2D eigenvalue weighted by Crippen LogP contribution is 2.38. The van der Waals surface area contributed by atoms with Crippen molar-refractivity contribution in [3.05, 3.63) is 79.0 Å². The highest BCUT2D eigenvalue weighted by atomic mass is 16.5. The fraction of sp³-hybridized carbons (Fsp3) is 0.267. The van der Waals surface area contributed by atoms with Crippen LogP contribution in [-0.2, 0) is 16.0 Å². The van der Waals surface area contributed by atoms with E-state index in [4.69, 9.17) is 26.7 Å². The zero-order valence-electron chi connectivity index (χ0n) is 38.0. The lowest BCUT2D eigenvalue weighted by atomic mass is 10.1. The van der Waals surface area contributed by atoms with Crippen LogP contribution in [0.4, 0.5) is 23.0 Å². The molecule has 0 saturated carbocycles. The average Bonchev–Trinajstić information content (AvgIpc) is 3.46. The van der Waals surface area contributed by atoms with E-state index in [0.29, 0.717) is 0 Å². The Balaban J connectivity index is 1.69. The molecule has 1 aliphatic rings. The minimum atomic E-state index is -3.43. The van der Waals surface area contributed by atoms with Gasteiger partial charge < -0.3 is 29.9 Å². The van der Waals surface area contributed by atoms with Gasteiger partial charge in [-0.2, -0.15) is 10.1 Å². The summed E-state index contributed by atoms with van der Waals surface area (Å²) in [6.45, 7) is -12.8. The number of nitrogens with zero attached hydrogens (tertiary/aromatic N) is 6. The van der Waals surface area contributed by atoms with Crippen LogP contribution in [0, 0.1) is 0 Å². The number of amides is 1. The zero-order valence-corrected chi connectivity index (χ0v) is 22.0. The Kier molecular flexibility index (Phi) is 4.38. The summed E-state index contributed by atoms with van der Waals surface area (Å²) in [6.07, 6.45) is 1.44. The van der Waals surface area contributed by atoms with Gasteiger partial charge in [-0.05, 0) is 26.2 Å². The molecule has 0 unspecified atom stereocenters. The summed E-state index contributed by atoms with van der Waals surface area (Å²) >= 11 is 0. The van der Waals surface area contributed by atoms with E-state index in [0.717, 1.165) is 27.8 Å². The van der Waals surface area contributed by atoms with E-state index in [1.165, 1.54) is 33.5 Å². The van der Waals surface area contributed by atoms with Crippen LogP contribution in [0.3, 0.4) is 0 Å². The van der Waals surface area contributed by atoms with Gasteiger partial charge in [0.05, 0.1) is 62.2 Å². The van der Waals surface area contributed by atoms with E-state index in [-0.39, 0.29) is 33.8 Å². The maximum atomic E-state index is 12.6. The van der Waals surface area contributed by atoms with Crippen LogP contribution in [0.15, 0.2) is 73.4 Å². The van der Waals surface area contributed by atoms with Crippen molar-refractivity contribution < 1.29 is 36.2 Å². The summed E-state index contributed by atoms with van der Waals surface area (Å²) < 4.78 is 145. The molecule has 2 aromatic carbocycles. The molecule has 212 valence electrons. The predicted octanol–water partition coefficient (Wildman–Crippen LogP) is 4.10. The van der Waals surface area contributed by atoms with E-state index in [1.807, 2.05) is 0 Å². The van der Waals surface area contributed by atoms with Crippen molar-refractivity contribution in [2.45, 2.75) is 6.50 Å². The molecule has 11 heteroatoms. The van der Waals surface area contributed by atoms with Gasteiger partial charge in [-0.1, -0.05) is 36.8 Å². The summed E-state index contributed by atoms with van der Waals surface area (Å²) in [5.41, 5.74) is -2.38. The second-order valence-corrected chi connectivity index (χ2v) is 8.25. The first kappa shape index (κ1) is 14.2. The summed E-state index contributed by atoms with van der Waals surface area (Å²) in [7, 11) is 3.90. The molecule has 4 aromatic rings. The SMILES string of the molecule is [2H]c1c([2H])c([2H])c(-c2nn(-c3ccnc(Nc4cc(NC(=O)C=C)c(N5C([2H])([2H])C([2H])([2H])OC([2H])([2H])C5([2H])[2H])cc4OC)n3)c([2H])c2C([2H])([2H])N(C)C)c([2H])c1[2H]. The normalized spacial score (nSPS) is 24.1. The highest BCUT2D eigenvalue weighted by molar-refractivity contribution is 6.02. The molecule has 5 rings (SSSR count). The van der Waals surface area contributed by atoms with Crippen molar-refractivity contribution in [2.75, 3.05) is 62.9 Å². The second kappa shape index (κ2) is 12.6.